The first-order valence-electron chi connectivity index (χ1n) is 11.7. The zero-order valence-corrected chi connectivity index (χ0v) is 20.4. The van der Waals surface area contributed by atoms with E-state index in [1.807, 2.05) is 6.07 Å². The number of carbonyl (C=O) groups excluding carboxylic acids is 3. The van der Waals surface area contributed by atoms with Crippen molar-refractivity contribution >= 4 is 28.8 Å². The average Bonchev–Trinajstić information content (AvgIpc) is 3.12. The van der Waals surface area contributed by atoms with Gasteiger partial charge in [-0.2, -0.15) is 0 Å². The number of esters is 1. The van der Waals surface area contributed by atoms with Crippen molar-refractivity contribution < 1.29 is 28.3 Å². The zero-order valence-electron chi connectivity index (χ0n) is 20.4. The number of rotatable bonds is 6. The van der Waals surface area contributed by atoms with Crippen molar-refractivity contribution in [1.29, 1.82) is 0 Å². The number of amides is 2. The molecule has 0 N–H and O–H groups in total. The second-order valence-electron chi connectivity index (χ2n) is 9.03. The van der Waals surface area contributed by atoms with Gasteiger partial charge in [-0.3, -0.25) is 19.3 Å². The van der Waals surface area contributed by atoms with Gasteiger partial charge in [-0.05, 0) is 49.2 Å². The summed E-state index contributed by atoms with van der Waals surface area (Å²) in [5.41, 5.74) is 0.339. The Morgan fingerprint density at radius 3 is 2.08 bits per heavy atom. The molecule has 0 radical (unpaired) electrons. The monoisotopic (exact) mass is 497 g/mol. The predicted octanol–water partition coefficient (Wildman–Crippen LogP) is 5.12. The SMILES string of the molecule is Cc1oc2cc(OC(=O)C(C(C)C)N3C(=O)c4ccccc4C3=O)ccc2c(=O)c1Oc1ccccc1. The number of para-hydroxylation sites is 1. The molecule has 37 heavy (non-hydrogen) atoms. The molecule has 8 heteroatoms. The molecule has 1 aliphatic heterocycles. The topological polar surface area (TPSA) is 103 Å². The molecule has 3 aromatic carbocycles. The maximum absolute atomic E-state index is 13.2. The van der Waals surface area contributed by atoms with Crippen LogP contribution < -0.4 is 14.9 Å². The summed E-state index contributed by atoms with van der Waals surface area (Å²) in [6.07, 6.45) is 0. The van der Waals surface area contributed by atoms with Crippen molar-refractivity contribution in [3.63, 3.8) is 0 Å². The lowest BCUT2D eigenvalue weighted by Crippen LogP contribution is -2.49. The molecule has 1 atom stereocenters. The summed E-state index contributed by atoms with van der Waals surface area (Å²) in [5.74, 6) is -1.33. The van der Waals surface area contributed by atoms with Crippen molar-refractivity contribution in [3.8, 4) is 17.2 Å². The highest BCUT2D eigenvalue weighted by molar-refractivity contribution is 6.22. The average molecular weight is 498 g/mol. The van der Waals surface area contributed by atoms with Crippen LogP contribution in [-0.4, -0.2) is 28.7 Å². The summed E-state index contributed by atoms with van der Waals surface area (Å²) >= 11 is 0. The third kappa shape index (κ3) is 4.27. The maximum atomic E-state index is 13.2. The Labute approximate surface area is 212 Å². The lowest BCUT2D eigenvalue weighted by atomic mass is 10.0. The first-order chi connectivity index (χ1) is 17.8. The van der Waals surface area contributed by atoms with Crippen LogP contribution in [0.5, 0.6) is 17.2 Å². The summed E-state index contributed by atoms with van der Waals surface area (Å²) in [5, 5.41) is 0.247. The molecule has 0 saturated heterocycles. The van der Waals surface area contributed by atoms with E-state index in [1.165, 1.54) is 18.2 Å². The minimum atomic E-state index is -1.14. The van der Waals surface area contributed by atoms with E-state index in [4.69, 9.17) is 13.9 Å². The Kier molecular flexibility index (Phi) is 6.09. The van der Waals surface area contributed by atoms with Gasteiger partial charge in [0, 0.05) is 6.07 Å². The van der Waals surface area contributed by atoms with Gasteiger partial charge >= 0.3 is 5.97 Å². The number of ether oxygens (including phenoxy) is 2. The summed E-state index contributed by atoms with van der Waals surface area (Å²) in [6.45, 7) is 5.06. The molecular weight excluding hydrogens is 474 g/mol. The number of hydrogen-bond donors (Lipinski definition) is 0. The summed E-state index contributed by atoms with van der Waals surface area (Å²) in [6, 6.07) is 18.5. The molecule has 8 nitrogen and oxygen atoms in total. The molecule has 186 valence electrons. The normalized spacial score (nSPS) is 13.7. The standard InChI is InChI=1S/C29H23NO7/c1-16(2)24(30-27(32)20-11-7-8-12-21(20)28(30)33)29(34)37-19-13-14-22-23(15-19)35-17(3)26(25(22)31)36-18-9-5-4-6-10-18/h4-16,24H,1-3H3. The Morgan fingerprint density at radius 2 is 1.46 bits per heavy atom. The van der Waals surface area contributed by atoms with E-state index in [2.05, 4.69) is 0 Å². The molecule has 0 saturated carbocycles. The molecule has 1 aromatic heterocycles. The fraction of sp³-hybridized carbons (Fsp3) is 0.172. The number of imide groups is 1. The molecule has 1 aliphatic rings. The number of carbonyl (C=O) groups is 3. The van der Waals surface area contributed by atoms with E-state index >= 15 is 0 Å². The fourth-order valence-electron chi connectivity index (χ4n) is 4.37. The number of benzene rings is 3. The van der Waals surface area contributed by atoms with Crippen molar-refractivity contribution in [1.82, 2.24) is 4.90 Å². The van der Waals surface area contributed by atoms with Gasteiger partial charge in [0.1, 0.15) is 28.9 Å². The van der Waals surface area contributed by atoms with Gasteiger partial charge in [0.05, 0.1) is 16.5 Å². The Morgan fingerprint density at radius 1 is 0.838 bits per heavy atom. The molecule has 0 bridgehead atoms. The van der Waals surface area contributed by atoms with Gasteiger partial charge < -0.3 is 13.9 Å². The van der Waals surface area contributed by atoms with Gasteiger partial charge in [0.2, 0.25) is 11.2 Å². The van der Waals surface area contributed by atoms with Gasteiger partial charge in [-0.25, -0.2) is 4.79 Å². The number of nitrogens with zero attached hydrogens (tertiary/aromatic N) is 1. The van der Waals surface area contributed by atoms with Crippen LogP contribution in [0.4, 0.5) is 0 Å². The van der Waals surface area contributed by atoms with Gasteiger partial charge in [-0.15, -0.1) is 0 Å². The smallest absolute Gasteiger partial charge is 0.335 e. The predicted molar refractivity (Wildman–Crippen MR) is 135 cm³/mol. The lowest BCUT2D eigenvalue weighted by Gasteiger charge is -2.27. The van der Waals surface area contributed by atoms with Crippen LogP contribution in [0.25, 0.3) is 11.0 Å². The Balaban J connectivity index is 1.43. The van der Waals surface area contributed by atoms with Crippen molar-refractivity contribution in [2.75, 3.05) is 0 Å². The van der Waals surface area contributed by atoms with Gasteiger partial charge in [0.25, 0.3) is 11.8 Å². The molecule has 0 aliphatic carbocycles. The summed E-state index contributed by atoms with van der Waals surface area (Å²) in [4.78, 5) is 53.2. The summed E-state index contributed by atoms with van der Waals surface area (Å²) < 4.78 is 17.1. The van der Waals surface area contributed by atoms with E-state index in [9.17, 15) is 19.2 Å². The van der Waals surface area contributed by atoms with E-state index in [0.717, 1.165) is 4.90 Å². The molecule has 2 heterocycles. The lowest BCUT2D eigenvalue weighted by molar-refractivity contribution is -0.140. The van der Waals surface area contributed by atoms with E-state index < -0.39 is 29.7 Å². The second-order valence-corrected chi connectivity index (χ2v) is 9.03. The molecular formula is C29H23NO7. The van der Waals surface area contributed by atoms with E-state index in [1.54, 1.807) is 69.3 Å². The minimum absolute atomic E-state index is 0.0638. The highest BCUT2D eigenvalue weighted by atomic mass is 16.5. The van der Waals surface area contributed by atoms with Crippen LogP contribution in [0.3, 0.4) is 0 Å². The molecule has 2 amide bonds. The first kappa shape index (κ1) is 24.0. The molecule has 1 unspecified atom stereocenters. The van der Waals surface area contributed by atoms with Crippen molar-refractivity contribution in [2.24, 2.45) is 5.92 Å². The number of fused-ring (bicyclic) bond motifs is 2. The van der Waals surface area contributed by atoms with Crippen molar-refractivity contribution in [3.05, 3.63) is 99.9 Å². The Hall–Kier alpha value is -4.72. The van der Waals surface area contributed by atoms with Crippen LogP contribution in [0, 0.1) is 12.8 Å². The minimum Gasteiger partial charge on any atom is -0.457 e. The zero-order chi connectivity index (χ0) is 26.3. The quantitative estimate of drug-likeness (QED) is 0.207. The third-order valence-corrected chi connectivity index (χ3v) is 6.14. The highest BCUT2D eigenvalue weighted by Crippen LogP contribution is 2.30. The highest BCUT2D eigenvalue weighted by Gasteiger charge is 2.44. The number of hydrogen-bond acceptors (Lipinski definition) is 7. The van der Waals surface area contributed by atoms with Crippen LogP contribution in [0.1, 0.15) is 40.3 Å². The first-order valence-corrected chi connectivity index (χ1v) is 11.7. The second kappa shape index (κ2) is 9.39. The molecule has 0 spiro atoms. The van der Waals surface area contributed by atoms with Gasteiger partial charge in [-0.1, -0.05) is 44.2 Å². The van der Waals surface area contributed by atoms with Crippen molar-refractivity contribution in [2.45, 2.75) is 26.8 Å². The largest absolute Gasteiger partial charge is 0.457 e. The Bertz CT molecular complexity index is 1570. The van der Waals surface area contributed by atoms with Gasteiger partial charge in [0.15, 0.2) is 0 Å². The molecule has 4 aromatic rings. The third-order valence-electron chi connectivity index (χ3n) is 6.14. The maximum Gasteiger partial charge on any atom is 0.335 e. The number of aryl methyl sites for hydroxylation is 1. The van der Waals surface area contributed by atoms with Crippen LogP contribution in [0.15, 0.2) is 82.0 Å². The van der Waals surface area contributed by atoms with Crippen LogP contribution >= 0.6 is 0 Å². The van der Waals surface area contributed by atoms with E-state index in [0.29, 0.717) is 5.75 Å². The fourth-order valence-corrected chi connectivity index (χ4v) is 4.37. The van der Waals surface area contributed by atoms with Crippen LogP contribution in [0.2, 0.25) is 0 Å². The summed E-state index contributed by atoms with van der Waals surface area (Å²) in [7, 11) is 0. The van der Waals surface area contributed by atoms with Crippen LogP contribution in [-0.2, 0) is 4.79 Å². The van der Waals surface area contributed by atoms with E-state index in [-0.39, 0.29) is 44.8 Å². The molecule has 0 fully saturated rings. The molecule has 5 rings (SSSR count).